The standard InChI is InChI=1S/C17H20ClN3O2/c1-20(13-8-14(9-13)23-2)15-10-19-21(17(22)16(15)18)11-12-6-4-3-5-7-12/h3-7,10,13-14H,8-9,11H2,1-2H3. The minimum atomic E-state index is -0.262. The van der Waals surface area contributed by atoms with Crippen LogP contribution in [0.1, 0.15) is 18.4 Å². The molecule has 0 unspecified atom stereocenters. The molecule has 5 nitrogen and oxygen atoms in total. The second kappa shape index (κ2) is 6.72. The van der Waals surface area contributed by atoms with Gasteiger partial charge in [-0.05, 0) is 18.4 Å². The van der Waals surface area contributed by atoms with E-state index in [2.05, 4.69) is 5.10 Å². The number of hydrogen-bond acceptors (Lipinski definition) is 4. The van der Waals surface area contributed by atoms with Crippen molar-refractivity contribution in [2.45, 2.75) is 31.5 Å². The Morgan fingerprint density at radius 2 is 2.04 bits per heavy atom. The summed E-state index contributed by atoms with van der Waals surface area (Å²) in [5, 5.41) is 4.50. The van der Waals surface area contributed by atoms with Crippen LogP contribution in [-0.2, 0) is 11.3 Å². The quantitative estimate of drug-likeness (QED) is 0.843. The van der Waals surface area contributed by atoms with Crippen molar-refractivity contribution in [3.05, 3.63) is 57.5 Å². The lowest BCUT2D eigenvalue weighted by molar-refractivity contribution is 0.0266. The van der Waals surface area contributed by atoms with Crippen LogP contribution in [0.2, 0.25) is 5.02 Å². The molecule has 1 aromatic heterocycles. The van der Waals surface area contributed by atoms with Crippen molar-refractivity contribution in [1.82, 2.24) is 9.78 Å². The van der Waals surface area contributed by atoms with E-state index < -0.39 is 0 Å². The number of hydrogen-bond donors (Lipinski definition) is 0. The van der Waals surface area contributed by atoms with Gasteiger partial charge in [0.15, 0.2) is 0 Å². The first-order valence-electron chi connectivity index (χ1n) is 7.65. The predicted octanol–water partition coefficient (Wildman–Crippen LogP) is 2.56. The van der Waals surface area contributed by atoms with E-state index >= 15 is 0 Å². The third-order valence-corrected chi connectivity index (χ3v) is 4.83. The number of methoxy groups -OCH3 is 1. The van der Waals surface area contributed by atoms with E-state index in [9.17, 15) is 4.79 Å². The summed E-state index contributed by atoms with van der Waals surface area (Å²) in [5.41, 5.74) is 1.43. The predicted molar refractivity (Wildman–Crippen MR) is 91.3 cm³/mol. The Labute approximate surface area is 140 Å². The molecular formula is C17H20ClN3O2. The molecule has 0 atom stereocenters. The lowest BCUT2D eigenvalue weighted by atomic mass is 9.88. The number of nitrogens with zero attached hydrogens (tertiary/aromatic N) is 3. The van der Waals surface area contributed by atoms with E-state index in [0.29, 0.717) is 24.4 Å². The summed E-state index contributed by atoms with van der Waals surface area (Å²) in [4.78, 5) is 14.5. The van der Waals surface area contributed by atoms with E-state index in [0.717, 1.165) is 18.4 Å². The zero-order valence-electron chi connectivity index (χ0n) is 13.3. The van der Waals surface area contributed by atoms with Crippen LogP contribution in [-0.4, -0.2) is 36.1 Å². The molecule has 0 spiro atoms. The highest BCUT2D eigenvalue weighted by molar-refractivity contribution is 6.33. The topological polar surface area (TPSA) is 47.4 Å². The maximum Gasteiger partial charge on any atom is 0.287 e. The molecule has 1 aliphatic carbocycles. The molecule has 0 radical (unpaired) electrons. The minimum Gasteiger partial charge on any atom is -0.381 e. The van der Waals surface area contributed by atoms with Gasteiger partial charge >= 0.3 is 0 Å². The monoisotopic (exact) mass is 333 g/mol. The number of aromatic nitrogens is 2. The Morgan fingerprint density at radius 3 is 2.70 bits per heavy atom. The second-order valence-corrected chi connectivity index (χ2v) is 6.26. The van der Waals surface area contributed by atoms with Gasteiger partial charge in [-0.15, -0.1) is 0 Å². The number of anilines is 1. The smallest absolute Gasteiger partial charge is 0.287 e. The summed E-state index contributed by atoms with van der Waals surface area (Å²) in [5.74, 6) is 0. The van der Waals surface area contributed by atoms with E-state index in [1.165, 1.54) is 4.68 Å². The van der Waals surface area contributed by atoms with Crippen LogP contribution in [0, 0.1) is 0 Å². The fourth-order valence-corrected chi connectivity index (χ4v) is 3.09. The van der Waals surface area contributed by atoms with Gasteiger partial charge in [0.05, 0.1) is 24.5 Å². The van der Waals surface area contributed by atoms with Crippen molar-refractivity contribution >= 4 is 17.3 Å². The molecule has 3 rings (SSSR count). The highest BCUT2D eigenvalue weighted by atomic mass is 35.5. The van der Waals surface area contributed by atoms with E-state index in [1.54, 1.807) is 13.3 Å². The number of halogens is 1. The third-order valence-electron chi connectivity index (χ3n) is 4.47. The summed E-state index contributed by atoms with van der Waals surface area (Å²) >= 11 is 6.31. The molecule has 1 heterocycles. The molecular weight excluding hydrogens is 314 g/mol. The lowest BCUT2D eigenvalue weighted by Crippen LogP contribution is -2.46. The van der Waals surface area contributed by atoms with Crippen molar-refractivity contribution in [2.24, 2.45) is 0 Å². The molecule has 122 valence electrons. The maximum atomic E-state index is 12.5. The second-order valence-electron chi connectivity index (χ2n) is 5.89. The fraction of sp³-hybridized carbons (Fsp3) is 0.412. The van der Waals surface area contributed by atoms with Crippen LogP contribution in [0.3, 0.4) is 0 Å². The molecule has 0 N–H and O–H groups in total. The largest absolute Gasteiger partial charge is 0.381 e. The Balaban J connectivity index is 1.79. The summed E-state index contributed by atoms with van der Waals surface area (Å²) in [6.07, 6.45) is 3.85. The SMILES string of the molecule is COC1CC(N(C)c2cnn(Cc3ccccc3)c(=O)c2Cl)C1. The normalized spacial score (nSPS) is 20.1. The van der Waals surface area contributed by atoms with Crippen LogP contribution in [0.4, 0.5) is 5.69 Å². The number of ether oxygens (including phenoxy) is 1. The summed E-state index contributed by atoms with van der Waals surface area (Å²) < 4.78 is 6.70. The van der Waals surface area contributed by atoms with Crippen LogP contribution in [0.5, 0.6) is 0 Å². The average Bonchev–Trinajstić information content (AvgIpc) is 2.52. The number of benzene rings is 1. The Hall–Kier alpha value is -1.85. The van der Waals surface area contributed by atoms with Gasteiger partial charge in [0.1, 0.15) is 5.02 Å². The first kappa shape index (κ1) is 16.0. The van der Waals surface area contributed by atoms with Crippen molar-refractivity contribution in [1.29, 1.82) is 0 Å². The molecule has 1 fully saturated rings. The van der Waals surface area contributed by atoms with Crippen molar-refractivity contribution in [3.8, 4) is 0 Å². The van der Waals surface area contributed by atoms with Crippen LogP contribution >= 0.6 is 11.6 Å². The Bertz CT molecular complexity index is 726. The first-order chi connectivity index (χ1) is 11.1. The summed E-state index contributed by atoms with van der Waals surface area (Å²) in [6.45, 7) is 0.415. The molecule has 0 amide bonds. The molecule has 6 heteroatoms. The average molecular weight is 334 g/mol. The van der Waals surface area contributed by atoms with Gasteiger partial charge in [-0.25, -0.2) is 4.68 Å². The number of rotatable bonds is 5. The van der Waals surface area contributed by atoms with Gasteiger partial charge in [0, 0.05) is 20.2 Å². The molecule has 2 aromatic rings. The molecule has 0 bridgehead atoms. The van der Waals surface area contributed by atoms with Crippen molar-refractivity contribution < 1.29 is 4.74 Å². The fourth-order valence-electron chi connectivity index (χ4n) is 2.81. The molecule has 1 saturated carbocycles. The molecule has 23 heavy (non-hydrogen) atoms. The van der Waals surface area contributed by atoms with Crippen LogP contribution in [0.15, 0.2) is 41.3 Å². The minimum absolute atomic E-state index is 0.222. The zero-order chi connectivity index (χ0) is 16.4. The lowest BCUT2D eigenvalue weighted by Gasteiger charge is -2.41. The van der Waals surface area contributed by atoms with Gasteiger partial charge in [0.25, 0.3) is 5.56 Å². The highest BCUT2D eigenvalue weighted by Crippen LogP contribution is 2.32. The zero-order valence-corrected chi connectivity index (χ0v) is 14.0. The maximum absolute atomic E-state index is 12.5. The van der Waals surface area contributed by atoms with Crippen molar-refractivity contribution in [2.75, 3.05) is 19.1 Å². The first-order valence-corrected chi connectivity index (χ1v) is 8.03. The van der Waals surface area contributed by atoms with Crippen LogP contribution in [0.25, 0.3) is 0 Å². The van der Waals surface area contributed by atoms with E-state index in [1.807, 2.05) is 42.3 Å². The van der Waals surface area contributed by atoms with Gasteiger partial charge in [0.2, 0.25) is 0 Å². The summed E-state index contributed by atoms with van der Waals surface area (Å²) in [7, 11) is 3.67. The van der Waals surface area contributed by atoms with Gasteiger partial charge < -0.3 is 9.64 Å². The van der Waals surface area contributed by atoms with Crippen LogP contribution < -0.4 is 10.5 Å². The third kappa shape index (κ3) is 3.26. The van der Waals surface area contributed by atoms with Gasteiger partial charge in [-0.2, -0.15) is 5.10 Å². The Morgan fingerprint density at radius 1 is 1.35 bits per heavy atom. The summed E-state index contributed by atoms with van der Waals surface area (Å²) in [6, 6.07) is 10.1. The molecule has 0 aliphatic heterocycles. The van der Waals surface area contributed by atoms with E-state index in [4.69, 9.17) is 16.3 Å². The Kier molecular flexibility index (Phi) is 4.68. The molecule has 0 saturated heterocycles. The van der Waals surface area contributed by atoms with Gasteiger partial charge in [-0.3, -0.25) is 4.79 Å². The van der Waals surface area contributed by atoms with E-state index in [-0.39, 0.29) is 10.6 Å². The highest BCUT2D eigenvalue weighted by Gasteiger charge is 2.33. The van der Waals surface area contributed by atoms with Gasteiger partial charge in [-0.1, -0.05) is 41.9 Å². The van der Waals surface area contributed by atoms with Crippen molar-refractivity contribution in [3.63, 3.8) is 0 Å². The molecule has 1 aromatic carbocycles. The molecule has 1 aliphatic rings.